The molecule has 16 heteroatoms. The average Bonchev–Trinajstić information content (AvgIpc) is 2.95. The van der Waals surface area contributed by atoms with Gasteiger partial charge in [-0.25, -0.2) is 4.73 Å². The highest BCUT2D eigenvalue weighted by atomic mass is 32.2. The van der Waals surface area contributed by atoms with Crippen LogP contribution in [0.3, 0.4) is 0 Å². The number of nitrogen functional groups attached to an aromatic ring is 2. The summed E-state index contributed by atoms with van der Waals surface area (Å²) in [6, 6.07) is 12.7. The molecule has 1 amide bonds. The first kappa shape index (κ1) is 30.1. The Morgan fingerprint density at radius 1 is 1.12 bits per heavy atom. The number of amides is 1. The number of rotatable bonds is 2. The van der Waals surface area contributed by atoms with Crippen LogP contribution < -0.4 is 32.4 Å². The maximum Gasteiger partial charge on any atom is 0.346 e. The minimum absolute atomic E-state index is 0.0373. The van der Waals surface area contributed by atoms with Crippen LogP contribution in [0.5, 0.6) is 0 Å². The van der Waals surface area contributed by atoms with Crippen molar-refractivity contribution < 1.29 is 22.5 Å². The van der Waals surface area contributed by atoms with Crippen molar-refractivity contribution in [1.29, 1.82) is 0 Å². The third kappa shape index (κ3) is 8.81. The van der Waals surface area contributed by atoms with Gasteiger partial charge in [-0.3, -0.25) is 14.4 Å². The van der Waals surface area contributed by atoms with Crippen molar-refractivity contribution >= 4 is 33.6 Å². The molecule has 216 valence electrons. The Morgan fingerprint density at radius 2 is 1.77 bits per heavy atom. The van der Waals surface area contributed by atoms with Crippen LogP contribution in [-0.4, -0.2) is 64.8 Å². The molecule has 0 spiro atoms. The molecular weight excluding hydrogens is 540 g/mol. The van der Waals surface area contributed by atoms with Crippen molar-refractivity contribution in [3.8, 4) is 0 Å². The second-order valence-corrected chi connectivity index (χ2v) is 10.6. The molecule has 2 aliphatic heterocycles. The van der Waals surface area contributed by atoms with Gasteiger partial charge < -0.3 is 32.3 Å². The molecule has 5 rings (SSSR count). The number of aromatic amines is 1. The number of benzene rings is 1. The van der Waals surface area contributed by atoms with Gasteiger partial charge in [0.15, 0.2) is 17.1 Å². The van der Waals surface area contributed by atoms with E-state index in [1.807, 2.05) is 41.3 Å². The number of nitrogens with zero attached hydrogens (tertiary/aromatic N) is 6. The van der Waals surface area contributed by atoms with E-state index in [4.69, 9.17) is 21.9 Å². The van der Waals surface area contributed by atoms with E-state index in [9.17, 15) is 18.4 Å². The Morgan fingerprint density at radius 3 is 2.38 bits per heavy atom. The smallest absolute Gasteiger partial charge is 0.346 e. The summed E-state index contributed by atoms with van der Waals surface area (Å²) in [4.78, 5) is 20.4. The third-order valence-corrected chi connectivity index (χ3v) is 6.04. The van der Waals surface area contributed by atoms with Gasteiger partial charge in [-0.15, -0.1) is 0 Å². The Hall–Kier alpha value is -4.44. The first-order chi connectivity index (χ1) is 19.0. The zero-order chi connectivity index (χ0) is 29.3. The molecule has 2 aliphatic rings. The maximum absolute atomic E-state index is 12.4. The lowest BCUT2D eigenvalue weighted by Crippen LogP contribution is -2.38. The zero-order valence-electron chi connectivity index (χ0n) is 22.1. The van der Waals surface area contributed by atoms with E-state index in [1.54, 1.807) is 6.07 Å². The number of hydrogen-bond acceptors (Lipinski definition) is 11. The van der Waals surface area contributed by atoms with Crippen LogP contribution in [0, 0.1) is 5.21 Å². The summed E-state index contributed by atoms with van der Waals surface area (Å²) in [6.07, 6.45) is 4.99. The van der Waals surface area contributed by atoms with Crippen LogP contribution in [0.15, 0.2) is 47.6 Å². The molecule has 0 aliphatic carbocycles. The van der Waals surface area contributed by atoms with Gasteiger partial charge in [0, 0.05) is 38.2 Å². The lowest BCUT2D eigenvalue weighted by Gasteiger charge is -2.28. The predicted molar refractivity (Wildman–Crippen MR) is 149 cm³/mol. The molecular formula is C24H34N10O5S. The van der Waals surface area contributed by atoms with Crippen molar-refractivity contribution in [2.75, 3.05) is 42.3 Å². The van der Waals surface area contributed by atoms with E-state index in [-0.39, 0.29) is 17.7 Å². The maximum atomic E-state index is 12.4. The second-order valence-electron chi connectivity index (χ2n) is 9.17. The van der Waals surface area contributed by atoms with Gasteiger partial charge in [0.25, 0.3) is 16.0 Å². The van der Waals surface area contributed by atoms with Gasteiger partial charge in [-0.2, -0.15) is 18.6 Å². The number of carbonyl (C=O) groups is 1. The molecule has 1 fully saturated rings. The van der Waals surface area contributed by atoms with Crippen LogP contribution >= 0.6 is 0 Å². The number of nitrogens with two attached hydrogens (primary N) is 3. The molecule has 0 unspecified atom stereocenters. The van der Waals surface area contributed by atoms with E-state index >= 15 is 0 Å². The summed E-state index contributed by atoms with van der Waals surface area (Å²) < 4.78 is 26.3. The van der Waals surface area contributed by atoms with Gasteiger partial charge in [0.05, 0.1) is 18.0 Å². The van der Waals surface area contributed by atoms with Crippen molar-refractivity contribution in [3.05, 3.63) is 70.0 Å². The van der Waals surface area contributed by atoms with E-state index in [2.05, 4.69) is 25.2 Å². The Kier molecular flexibility index (Phi) is 10.2. The molecule has 1 saturated heterocycles. The van der Waals surface area contributed by atoms with E-state index < -0.39 is 10.1 Å². The lowest BCUT2D eigenvalue weighted by atomic mass is 10.1. The molecule has 0 saturated carbocycles. The molecule has 0 bridgehead atoms. The molecule has 3 aromatic rings. The Labute approximate surface area is 231 Å². The van der Waals surface area contributed by atoms with Crippen LogP contribution in [0.4, 0.5) is 17.6 Å². The first-order valence-corrected chi connectivity index (χ1v) is 14.3. The fourth-order valence-electron chi connectivity index (χ4n) is 4.16. The number of carbonyl (C=O) groups excluding carboxylic acids is 1. The number of aromatic nitrogens is 4. The molecule has 0 radical (unpaired) electrons. The highest BCUT2D eigenvalue weighted by Crippen LogP contribution is 2.19. The van der Waals surface area contributed by atoms with Crippen molar-refractivity contribution in [1.82, 2.24) is 20.1 Å². The predicted octanol–water partition coefficient (Wildman–Crippen LogP) is -0.244. The van der Waals surface area contributed by atoms with Crippen LogP contribution in [0.2, 0.25) is 0 Å². The average molecular weight is 575 g/mol. The SMILES string of the molecule is CS(=O)(=O)O.N/N=c1/cc2c(n[nH]1)CCN(C(=O)c1ccccc1)C2.Nc1cc(N2CCCCC2)nc(N)[n+]1[O-]. The zero-order valence-corrected chi connectivity index (χ0v) is 22.9. The van der Waals surface area contributed by atoms with E-state index in [1.165, 1.54) is 6.42 Å². The van der Waals surface area contributed by atoms with Crippen LogP contribution in [0.25, 0.3) is 0 Å². The number of anilines is 3. The van der Waals surface area contributed by atoms with Gasteiger partial charge in [0.1, 0.15) is 0 Å². The molecule has 8 N–H and O–H groups in total. The largest absolute Gasteiger partial charge is 0.754 e. The van der Waals surface area contributed by atoms with Gasteiger partial charge in [-0.05, 0) is 43.0 Å². The number of piperidine rings is 1. The van der Waals surface area contributed by atoms with Crippen LogP contribution in [-0.2, 0) is 23.1 Å². The summed E-state index contributed by atoms with van der Waals surface area (Å²) in [5.41, 5.74) is 14.2. The number of fused-ring (bicyclic) bond motifs is 1. The molecule has 40 heavy (non-hydrogen) atoms. The molecule has 4 heterocycles. The monoisotopic (exact) mass is 574 g/mol. The van der Waals surface area contributed by atoms with Crippen molar-refractivity contribution in [2.45, 2.75) is 32.2 Å². The quantitative estimate of drug-likeness (QED) is 0.0879. The summed E-state index contributed by atoms with van der Waals surface area (Å²) in [5.74, 6) is 6.00. The van der Waals surface area contributed by atoms with Gasteiger partial charge in [0.2, 0.25) is 0 Å². The van der Waals surface area contributed by atoms with Crippen molar-refractivity contribution in [3.63, 3.8) is 0 Å². The third-order valence-electron chi connectivity index (χ3n) is 6.04. The molecule has 0 atom stereocenters. The molecule has 1 aromatic carbocycles. The van der Waals surface area contributed by atoms with E-state index in [0.717, 1.165) is 43.6 Å². The fraction of sp³-hybridized carbons (Fsp3) is 0.375. The molecule has 15 nitrogen and oxygen atoms in total. The summed E-state index contributed by atoms with van der Waals surface area (Å²) in [7, 11) is -3.67. The molecule has 2 aromatic heterocycles. The minimum Gasteiger partial charge on any atom is -0.754 e. The normalized spacial score (nSPS) is 15.2. The lowest BCUT2D eigenvalue weighted by molar-refractivity contribution is -0.576. The highest BCUT2D eigenvalue weighted by molar-refractivity contribution is 7.85. The van der Waals surface area contributed by atoms with Gasteiger partial charge in [-0.1, -0.05) is 23.2 Å². The summed E-state index contributed by atoms with van der Waals surface area (Å²) >= 11 is 0. The summed E-state index contributed by atoms with van der Waals surface area (Å²) in [5, 5.41) is 21.8. The Bertz CT molecular complexity index is 1440. The number of H-pyrrole nitrogens is 1. The topological polar surface area (TPSA) is 237 Å². The number of nitrogens with one attached hydrogen (secondary N) is 1. The second kappa shape index (κ2) is 13.6. The number of hydrogen-bond donors (Lipinski definition) is 5. The Balaban J connectivity index is 0.000000195. The summed E-state index contributed by atoms with van der Waals surface area (Å²) in [6.45, 7) is 3.11. The fourth-order valence-corrected chi connectivity index (χ4v) is 4.16. The van der Waals surface area contributed by atoms with E-state index in [0.29, 0.717) is 40.9 Å². The minimum atomic E-state index is -3.67. The van der Waals surface area contributed by atoms with Gasteiger partial charge >= 0.3 is 5.95 Å². The van der Waals surface area contributed by atoms with Crippen molar-refractivity contribution in [2.24, 2.45) is 10.9 Å². The highest BCUT2D eigenvalue weighted by Gasteiger charge is 2.22. The van der Waals surface area contributed by atoms with Crippen LogP contribution in [0.1, 0.15) is 40.9 Å². The standard InChI is InChI=1S/C14H15N5O.C9H15N5O.CH4O3S/c15-16-13-8-11-9-19(7-6-12(11)17-18-13)14(20)10-4-2-1-3-5-10;10-7-6-8(12-9(11)14(7)15)13-4-2-1-3-5-13;1-5(2,3)4/h1-5,8H,6-7,9,15H2,(H,16,18);6H,1-5,10H2,(H2,11,12);1H3,(H,2,3,4). The first-order valence-electron chi connectivity index (χ1n) is 12.4.